The predicted octanol–water partition coefficient (Wildman–Crippen LogP) is 5.42. The van der Waals surface area contributed by atoms with Crippen LogP contribution in [-0.4, -0.2) is 64.7 Å². The quantitative estimate of drug-likeness (QED) is 0.173. The van der Waals surface area contributed by atoms with E-state index in [-0.39, 0.29) is 37.9 Å². The first-order valence-electron chi connectivity index (χ1n) is 15.0. The van der Waals surface area contributed by atoms with Crippen LogP contribution in [0.2, 0.25) is 0 Å². The van der Waals surface area contributed by atoms with Gasteiger partial charge in [0.25, 0.3) is 0 Å². The monoisotopic (exact) mass is 601 g/mol. The maximum Gasteiger partial charge on any atom is 0.326 e. The van der Waals surface area contributed by atoms with E-state index in [9.17, 15) is 29.4 Å². The average Bonchev–Trinajstić information content (AvgIpc) is 3.00. The van der Waals surface area contributed by atoms with Crippen LogP contribution in [0.15, 0.2) is 84.9 Å². The Hall–Kier alpha value is -4.66. The zero-order valence-corrected chi connectivity index (χ0v) is 25.6. The lowest BCUT2D eigenvalue weighted by Crippen LogP contribution is -2.53. The van der Waals surface area contributed by atoms with Crippen molar-refractivity contribution >= 4 is 23.9 Å². The van der Waals surface area contributed by atoms with Gasteiger partial charge in [-0.2, -0.15) is 0 Å². The number of carbonyl (C=O) groups excluding carboxylic acids is 2. The van der Waals surface area contributed by atoms with Crippen molar-refractivity contribution in [2.45, 2.75) is 52.0 Å². The Kier molecular flexibility index (Phi) is 13.0. The number of carboxylic acids is 2. The first kappa shape index (κ1) is 33.8. The molecule has 0 saturated heterocycles. The largest absolute Gasteiger partial charge is 0.481 e. The second kappa shape index (κ2) is 16.8. The second-order valence-electron chi connectivity index (χ2n) is 11.5. The highest BCUT2D eigenvalue weighted by Crippen LogP contribution is 2.28. The maximum absolute atomic E-state index is 13.7. The van der Waals surface area contributed by atoms with Crippen molar-refractivity contribution in [3.05, 3.63) is 96.1 Å². The third-order valence-electron chi connectivity index (χ3n) is 7.51. The number of benzene rings is 3. The molecule has 9 heteroatoms. The number of amides is 3. The Morgan fingerprint density at radius 1 is 0.750 bits per heavy atom. The Labute approximate surface area is 259 Å². The van der Waals surface area contributed by atoms with Gasteiger partial charge < -0.3 is 25.7 Å². The minimum absolute atomic E-state index is 0.0219. The number of hydrogen-bond donors (Lipinski definition) is 4. The zero-order valence-electron chi connectivity index (χ0n) is 25.6. The van der Waals surface area contributed by atoms with E-state index in [1.807, 2.05) is 98.8 Å². The molecule has 0 heterocycles. The van der Waals surface area contributed by atoms with Gasteiger partial charge in [0.1, 0.15) is 6.04 Å². The van der Waals surface area contributed by atoms with Crippen molar-refractivity contribution in [2.75, 3.05) is 19.6 Å². The average molecular weight is 602 g/mol. The second-order valence-corrected chi connectivity index (χ2v) is 11.5. The molecule has 1 unspecified atom stereocenters. The summed E-state index contributed by atoms with van der Waals surface area (Å²) < 4.78 is 0. The smallest absolute Gasteiger partial charge is 0.326 e. The Balaban J connectivity index is 1.84. The lowest BCUT2D eigenvalue weighted by atomic mass is 9.87. The highest BCUT2D eigenvalue weighted by atomic mass is 16.4. The lowest BCUT2D eigenvalue weighted by Gasteiger charge is -2.31. The lowest BCUT2D eigenvalue weighted by molar-refractivity contribution is -0.143. The number of hydrogen-bond acceptors (Lipinski definition) is 4. The van der Waals surface area contributed by atoms with Crippen molar-refractivity contribution in [2.24, 2.45) is 11.8 Å². The molecule has 0 fully saturated rings. The molecule has 3 amide bonds. The van der Waals surface area contributed by atoms with Crippen LogP contribution in [0.5, 0.6) is 0 Å². The third-order valence-corrected chi connectivity index (χ3v) is 7.51. The van der Waals surface area contributed by atoms with Crippen molar-refractivity contribution in [3.8, 4) is 11.1 Å². The van der Waals surface area contributed by atoms with Crippen LogP contribution in [-0.2, 0) is 20.8 Å². The summed E-state index contributed by atoms with van der Waals surface area (Å²) in [6.07, 6.45) is 1.13. The van der Waals surface area contributed by atoms with Crippen molar-refractivity contribution < 1.29 is 29.4 Å². The Morgan fingerprint density at radius 2 is 1.34 bits per heavy atom. The summed E-state index contributed by atoms with van der Waals surface area (Å²) in [7, 11) is 0. The summed E-state index contributed by atoms with van der Waals surface area (Å²) in [6, 6.07) is 24.9. The van der Waals surface area contributed by atoms with Gasteiger partial charge in [0, 0.05) is 32.5 Å². The summed E-state index contributed by atoms with van der Waals surface area (Å²) >= 11 is 0. The number of carboxylic acid groups (broad SMARTS) is 2. The van der Waals surface area contributed by atoms with E-state index in [0.717, 1.165) is 16.7 Å². The standard InChI is InChI=1S/C35H43N3O6/c1-24(2)22-38(23-30(33(40)41)15-14-26-10-6-4-7-11-26)35(44)37-32(34(42)43)31(20-21-36-25(3)39)29-18-16-28(17-19-29)27-12-8-5-9-13-27/h4-13,16-19,24,30-32H,14-15,20-23H2,1-3H3,(H,36,39)(H,37,44)(H,40,41)(H,42,43)/t30-,31?,32-/m0/s1. The van der Waals surface area contributed by atoms with Crippen LogP contribution < -0.4 is 10.6 Å². The molecule has 3 atom stereocenters. The number of nitrogens with zero attached hydrogens (tertiary/aromatic N) is 1. The molecule has 9 nitrogen and oxygen atoms in total. The van der Waals surface area contributed by atoms with E-state index in [0.29, 0.717) is 18.4 Å². The minimum Gasteiger partial charge on any atom is -0.481 e. The van der Waals surface area contributed by atoms with E-state index in [1.54, 1.807) is 0 Å². The highest BCUT2D eigenvalue weighted by Gasteiger charge is 2.33. The molecule has 0 saturated carbocycles. The summed E-state index contributed by atoms with van der Waals surface area (Å²) in [6.45, 7) is 5.64. The van der Waals surface area contributed by atoms with Crippen molar-refractivity contribution in [3.63, 3.8) is 0 Å². The molecule has 3 rings (SSSR count). The van der Waals surface area contributed by atoms with Gasteiger partial charge >= 0.3 is 18.0 Å². The summed E-state index contributed by atoms with van der Waals surface area (Å²) in [4.78, 5) is 51.5. The fraction of sp³-hybridized carbons (Fsp3) is 0.371. The van der Waals surface area contributed by atoms with Gasteiger partial charge in [-0.15, -0.1) is 0 Å². The van der Waals surface area contributed by atoms with Crippen LogP contribution in [0.1, 0.15) is 50.7 Å². The van der Waals surface area contributed by atoms with Gasteiger partial charge in [0.15, 0.2) is 0 Å². The zero-order chi connectivity index (χ0) is 32.1. The van der Waals surface area contributed by atoms with Gasteiger partial charge in [-0.25, -0.2) is 9.59 Å². The topological polar surface area (TPSA) is 136 Å². The first-order valence-corrected chi connectivity index (χ1v) is 15.0. The van der Waals surface area contributed by atoms with Crippen LogP contribution in [0, 0.1) is 11.8 Å². The molecule has 44 heavy (non-hydrogen) atoms. The molecule has 4 N–H and O–H groups in total. The van der Waals surface area contributed by atoms with Gasteiger partial charge in [0.2, 0.25) is 5.91 Å². The molecule has 3 aromatic rings. The normalized spacial score (nSPS) is 13.0. The molecule has 234 valence electrons. The predicted molar refractivity (Wildman–Crippen MR) is 170 cm³/mol. The molecule has 0 aliphatic rings. The molecule has 0 aliphatic heterocycles. The third kappa shape index (κ3) is 10.6. The van der Waals surface area contributed by atoms with E-state index in [4.69, 9.17) is 0 Å². The number of aliphatic carboxylic acids is 2. The van der Waals surface area contributed by atoms with E-state index in [1.165, 1.54) is 11.8 Å². The molecule has 0 aromatic heterocycles. The molecule has 0 bridgehead atoms. The van der Waals surface area contributed by atoms with E-state index >= 15 is 0 Å². The molecule has 3 aromatic carbocycles. The number of rotatable bonds is 16. The van der Waals surface area contributed by atoms with Crippen LogP contribution in [0.3, 0.4) is 0 Å². The van der Waals surface area contributed by atoms with Crippen LogP contribution in [0.25, 0.3) is 11.1 Å². The molecule has 0 spiro atoms. The van der Waals surface area contributed by atoms with Crippen molar-refractivity contribution in [1.29, 1.82) is 0 Å². The number of aryl methyl sites for hydroxylation is 1. The maximum atomic E-state index is 13.7. The molecule has 0 aliphatic carbocycles. The van der Waals surface area contributed by atoms with Gasteiger partial charge in [0.05, 0.1) is 5.92 Å². The molecule has 0 radical (unpaired) electrons. The SMILES string of the molecule is CC(=O)NCCC(c1ccc(-c2ccccc2)cc1)[C@H](NC(=O)N(CC(C)C)C[C@H](CCc1ccccc1)C(=O)O)C(=O)O. The number of carbonyl (C=O) groups is 4. The Bertz CT molecular complexity index is 1360. The summed E-state index contributed by atoms with van der Waals surface area (Å²) in [5.41, 5.74) is 3.68. The van der Waals surface area contributed by atoms with Crippen LogP contribution >= 0.6 is 0 Å². The molecular weight excluding hydrogens is 558 g/mol. The number of nitrogens with one attached hydrogen (secondary N) is 2. The fourth-order valence-corrected chi connectivity index (χ4v) is 5.27. The van der Waals surface area contributed by atoms with E-state index < -0.39 is 35.8 Å². The van der Waals surface area contributed by atoms with Crippen molar-refractivity contribution in [1.82, 2.24) is 15.5 Å². The summed E-state index contributed by atoms with van der Waals surface area (Å²) in [5.74, 6) is -3.94. The first-order chi connectivity index (χ1) is 21.0. The molecular formula is C35H43N3O6. The van der Waals surface area contributed by atoms with Gasteiger partial charge in [-0.05, 0) is 47.4 Å². The minimum atomic E-state index is -1.32. The fourth-order valence-electron chi connectivity index (χ4n) is 5.27. The Morgan fingerprint density at radius 3 is 1.89 bits per heavy atom. The number of urea groups is 1. The van der Waals surface area contributed by atoms with E-state index in [2.05, 4.69) is 10.6 Å². The summed E-state index contributed by atoms with van der Waals surface area (Å²) in [5, 5.41) is 25.7. The van der Waals surface area contributed by atoms with Gasteiger partial charge in [-0.1, -0.05) is 98.8 Å². The van der Waals surface area contributed by atoms with Gasteiger partial charge in [-0.3, -0.25) is 9.59 Å². The van der Waals surface area contributed by atoms with Crippen LogP contribution in [0.4, 0.5) is 4.79 Å². The highest BCUT2D eigenvalue weighted by molar-refractivity contribution is 5.84.